The van der Waals surface area contributed by atoms with Gasteiger partial charge in [0.15, 0.2) is 5.78 Å². The summed E-state index contributed by atoms with van der Waals surface area (Å²) in [5.41, 5.74) is 3.38. The molecule has 3 nitrogen and oxygen atoms in total. The third-order valence-electron chi connectivity index (χ3n) is 5.46. The van der Waals surface area contributed by atoms with E-state index in [1.807, 2.05) is 0 Å². The van der Waals surface area contributed by atoms with Gasteiger partial charge in [0.25, 0.3) is 0 Å². The standard InChI is InChI=1S/C21H29NO2/c1-15(2)19-9-4-16(3)20(21(19)23)14-17-5-7-18(8-6-17)22-10-12-24-13-11-22/h5-8,14-16,19H,4,9-13H2,1-3H3/t16-,19-/m1/s1. The predicted molar refractivity (Wildman–Crippen MR) is 99.2 cm³/mol. The van der Waals surface area contributed by atoms with Crippen LogP contribution in [0.1, 0.15) is 39.2 Å². The van der Waals surface area contributed by atoms with Gasteiger partial charge in [-0.2, -0.15) is 0 Å². The molecule has 0 unspecified atom stereocenters. The van der Waals surface area contributed by atoms with Crippen molar-refractivity contribution in [2.45, 2.75) is 33.6 Å². The lowest BCUT2D eigenvalue weighted by Crippen LogP contribution is -2.36. The number of benzene rings is 1. The Morgan fingerprint density at radius 1 is 1.12 bits per heavy atom. The summed E-state index contributed by atoms with van der Waals surface area (Å²) in [4.78, 5) is 15.2. The number of ether oxygens (including phenoxy) is 1. The van der Waals surface area contributed by atoms with Crippen molar-refractivity contribution in [1.82, 2.24) is 0 Å². The van der Waals surface area contributed by atoms with Gasteiger partial charge in [-0.25, -0.2) is 0 Å². The second-order valence-electron chi connectivity index (χ2n) is 7.48. The van der Waals surface area contributed by atoms with E-state index in [-0.39, 0.29) is 5.92 Å². The Hall–Kier alpha value is -1.61. The SMILES string of the molecule is CC(C)[C@H]1CC[C@@H](C)C(=Cc2ccc(N3CCOCC3)cc2)C1=O. The number of carbonyl (C=O) groups is 1. The van der Waals surface area contributed by atoms with E-state index in [9.17, 15) is 4.79 Å². The van der Waals surface area contributed by atoms with Crippen LogP contribution in [-0.4, -0.2) is 32.1 Å². The van der Waals surface area contributed by atoms with Gasteiger partial charge in [-0.05, 0) is 54.0 Å². The molecular weight excluding hydrogens is 298 g/mol. The fraction of sp³-hybridized carbons (Fsp3) is 0.571. The quantitative estimate of drug-likeness (QED) is 0.780. The normalized spacial score (nSPS) is 27.1. The van der Waals surface area contributed by atoms with Gasteiger partial charge in [0.05, 0.1) is 13.2 Å². The summed E-state index contributed by atoms with van der Waals surface area (Å²) in [6, 6.07) is 8.60. The van der Waals surface area contributed by atoms with Gasteiger partial charge in [-0.3, -0.25) is 4.79 Å². The van der Waals surface area contributed by atoms with Crippen molar-refractivity contribution >= 4 is 17.5 Å². The lowest BCUT2D eigenvalue weighted by Gasteiger charge is -2.30. The highest BCUT2D eigenvalue weighted by Gasteiger charge is 2.32. The van der Waals surface area contributed by atoms with Crippen LogP contribution in [0.15, 0.2) is 29.8 Å². The topological polar surface area (TPSA) is 29.5 Å². The van der Waals surface area contributed by atoms with E-state index in [0.717, 1.165) is 50.3 Å². The zero-order valence-corrected chi connectivity index (χ0v) is 15.1. The second kappa shape index (κ2) is 7.52. The van der Waals surface area contributed by atoms with Crippen LogP contribution in [-0.2, 0) is 9.53 Å². The molecule has 1 saturated heterocycles. The van der Waals surface area contributed by atoms with Crippen LogP contribution in [0, 0.1) is 17.8 Å². The van der Waals surface area contributed by atoms with Gasteiger partial charge >= 0.3 is 0 Å². The van der Waals surface area contributed by atoms with Crippen LogP contribution in [0.4, 0.5) is 5.69 Å². The van der Waals surface area contributed by atoms with Crippen LogP contribution in [0.3, 0.4) is 0 Å². The molecule has 0 bridgehead atoms. The number of allylic oxidation sites excluding steroid dienone is 1. The number of morpholine rings is 1. The molecule has 1 heterocycles. The summed E-state index contributed by atoms with van der Waals surface area (Å²) in [6.07, 6.45) is 4.27. The smallest absolute Gasteiger partial charge is 0.162 e. The van der Waals surface area contributed by atoms with E-state index >= 15 is 0 Å². The van der Waals surface area contributed by atoms with E-state index in [2.05, 4.69) is 56.0 Å². The first-order chi connectivity index (χ1) is 11.6. The molecule has 1 aromatic carbocycles. The first kappa shape index (κ1) is 17.2. The second-order valence-corrected chi connectivity index (χ2v) is 7.48. The van der Waals surface area contributed by atoms with E-state index in [1.54, 1.807) is 0 Å². The fourth-order valence-corrected chi connectivity index (χ4v) is 3.81. The summed E-state index contributed by atoms with van der Waals surface area (Å²) < 4.78 is 5.41. The highest BCUT2D eigenvalue weighted by Crippen LogP contribution is 2.35. The molecule has 2 aliphatic rings. The molecule has 3 heteroatoms. The summed E-state index contributed by atoms with van der Waals surface area (Å²) in [6.45, 7) is 10.0. The minimum absolute atomic E-state index is 0.195. The Morgan fingerprint density at radius 3 is 2.42 bits per heavy atom. The maximum atomic E-state index is 12.8. The average molecular weight is 327 g/mol. The third-order valence-corrected chi connectivity index (χ3v) is 5.46. The van der Waals surface area contributed by atoms with Gasteiger partial charge < -0.3 is 9.64 Å². The number of ketones is 1. The molecule has 1 aliphatic heterocycles. The molecule has 130 valence electrons. The van der Waals surface area contributed by atoms with E-state index in [4.69, 9.17) is 4.74 Å². The molecule has 0 spiro atoms. The van der Waals surface area contributed by atoms with Crippen molar-refractivity contribution < 1.29 is 9.53 Å². The van der Waals surface area contributed by atoms with Gasteiger partial charge in [-0.15, -0.1) is 0 Å². The molecule has 0 radical (unpaired) electrons. The Morgan fingerprint density at radius 2 is 1.79 bits per heavy atom. The number of rotatable bonds is 3. The van der Waals surface area contributed by atoms with Crippen LogP contribution >= 0.6 is 0 Å². The Labute approximate surface area is 145 Å². The zero-order valence-electron chi connectivity index (χ0n) is 15.1. The van der Waals surface area contributed by atoms with Crippen LogP contribution in [0.5, 0.6) is 0 Å². The van der Waals surface area contributed by atoms with Crippen LogP contribution < -0.4 is 4.90 Å². The number of hydrogen-bond donors (Lipinski definition) is 0. The van der Waals surface area contributed by atoms with Gasteiger partial charge in [-0.1, -0.05) is 32.9 Å². The largest absolute Gasteiger partial charge is 0.378 e. The molecule has 2 atom stereocenters. The number of anilines is 1. The van der Waals surface area contributed by atoms with E-state index < -0.39 is 0 Å². The molecule has 0 aromatic heterocycles. The number of carbonyl (C=O) groups excluding carboxylic acids is 1. The number of hydrogen-bond acceptors (Lipinski definition) is 3. The molecule has 1 aliphatic carbocycles. The predicted octanol–water partition coefficient (Wildman–Crippen LogP) is 4.18. The van der Waals surface area contributed by atoms with Crippen molar-refractivity contribution in [3.8, 4) is 0 Å². The van der Waals surface area contributed by atoms with E-state index in [1.165, 1.54) is 5.69 Å². The fourth-order valence-electron chi connectivity index (χ4n) is 3.81. The number of Topliss-reactive ketones (excluding diaryl/α,β-unsaturated/α-hetero) is 1. The maximum Gasteiger partial charge on any atom is 0.162 e. The lowest BCUT2D eigenvalue weighted by molar-refractivity contribution is -0.122. The first-order valence-electron chi connectivity index (χ1n) is 9.25. The van der Waals surface area contributed by atoms with E-state index in [0.29, 0.717) is 17.6 Å². The van der Waals surface area contributed by atoms with Crippen molar-refractivity contribution in [2.75, 3.05) is 31.2 Å². The van der Waals surface area contributed by atoms with Crippen molar-refractivity contribution in [3.63, 3.8) is 0 Å². The van der Waals surface area contributed by atoms with Crippen LogP contribution in [0.2, 0.25) is 0 Å². The molecule has 2 fully saturated rings. The highest BCUT2D eigenvalue weighted by atomic mass is 16.5. The zero-order chi connectivity index (χ0) is 17.1. The summed E-state index contributed by atoms with van der Waals surface area (Å²) in [5, 5.41) is 0. The molecule has 24 heavy (non-hydrogen) atoms. The molecular formula is C21H29NO2. The average Bonchev–Trinajstić information content (AvgIpc) is 2.59. The Kier molecular flexibility index (Phi) is 5.40. The number of nitrogens with zero attached hydrogens (tertiary/aromatic N) is 1. The summed E-state index contributed by atoms with van der Waals surface area (Å²) in [5.74, 6) is 1.35. The molecule has 1 saturated carbocycles. The third kappa shape index (κ3) is 3.72. The minimum Gasteiger partial charge on any atom is -0.378 e. The monoisotopic (exact) mass is 327 g/mol. The minimum atomic E-state index is 0.195. The highest BCUT2D eigenvalue weighted by molar-refractivity contribution is 6.02. The maximum absolute atomic E-state index is 12.8. The first-order valence-corrected chi connectivity index (χ1v) is 9.25. The van der Waals surface area contributed by atoms with Gasteiger partial charge in [0, 0.05) is 24.7 Å². The molecule has 0 N–H and O–H groups in total. The van der Waals surface area contributed by atoms with Crippen molar-refractivity contribution in [3.05, 3.63) is 35.4 Å². The van der Waals surface area contributed by atoms with Crippen LogP contribution in [0.25, 0.3) is 6.08 Å². The lowest BCUT2D eigenvalue weighted by atomic mass is 9.73. The Balaban J connectivity index is 1.77. The molecule has 0 amide bonds. The van der Waals surface area contributed by atoms with Crippen molar-refractivity contribution in [1.29, 1.82) is 0 Å². The molecule has 1 aromatic rings. The summed E-state index contributed by atoms with van der Waals surface area (Å²) in [7, 11) is 0. The summed E-state index contributed by atoms with van der Waals surface area (Å²) >= 11 is 0. The Bertz CT molecular complexity index is 597. The van der Waals surface area contributed by atoms with Gasteiger partial charge in [0.2, 0.25) is 0 Å². The molecule has 3 rings (SSSR count). The van der Waals surface area contributed by atoms with Gasteiger partial charge in [0.1, 0.15) is 0 Å². The van der Waals surface area contributed by atoms with Crippen molar-refractivity contribution in [2.24, 2.45) is 17.8 Å².